The SMILES string of the molecule is Cc1ccc(C(C(C)N)N(C)CC(=O)NC(C)C)cc1. The zero-order chi connectivity index (χ0) is 15.3. The summed E-state index contributed by atoms with van der Waals surface area (Å²) in [4.78, 5) is 13.9. The average molecular weight is 277 g/mol. The first-order valence-electron chi connectivity index (χ1n) is 7.13. The number of nitrogens with one attached hydrogen (secondary N) is 1. The molecule has 2 atom stereocenters. The fourth-order valence-corrected chi connectivity index (χ4v) is 2.42. The van der Waals surface area contributed by atoms with Crippen LogP contribution in [0.25, 0.3) is 0 Å². The van der Waals surface area contributed by atoms with Crippen molar-refractivity contribution in [1.29, 1.82) is 0 Å². The molecule has 1 aromatic rings. The first-order chi connectivity index (χ1) is 9.31. The van der Waals surface area contributed by atoms with Gasteiger partial charge in [0.15, 0.2) is 0 Å². The zero-order valence-electron chi connectivity index (χ0n) is 13.2. The fraction of sp³-hybridized carbons (Fsp3) is 0.562. The Balaban J connectivity index is 2.80. The van der Waals surface area contributed by atoms with Crippen LogP contribution in [0.1, 0.15) is 37.9 Å². The second kappa shape index (κ2) is 7.41. The largest absolute Gasteiger partial charge is 0.353 e. The number of rotatable bonds is 6. The van der Waals surface area contributed by atoms with Gasteiger partial charge in [-0.15, -0.1) is 0 Å². The maximum Gasteiger partial charge on any atom is 0.234 e. The van der Waals surface area contributed by atoms with Crippen LogP contribution in [-0.2, 0) is 4.79 Å². The molecule has 0 spiro atoms. The predicted molar refractivity (Wildman–Crippen MR) is 83.5 cm³/mol. The summed E-state index contributed by atoms with van der Waals surface area (Å²) in [5.41, 5.74) is 8.47. The Labute approximate surface area is 122 Å². The van der Waals surface area contributed by atoms with Gasteiger partial charge in [-0.3, -0.25) is 9.69 Å². The third-order valence-electron chi connectivity index (χ3n) is 3.23. The van der Waals surface area contributed by atoms with E-state index in [0.29, 0.717) is 6.54 Å². The van der Waals surface area contributed by atoms with Crippen LogP contribution < -0.4 is 11.1 Å². The number of hydrogen-bond acceptors (Lipinski definition) is 3. The Hall–Kier alpha value is -1.39. The summed E-state index contributed by atoms with van der Waals surface area (Å²) in [5.74, 6) is 0.0280. The molecule has 0 bridgehead atoms. The minimum Gasteiger partial charge on any atom is -0.353 e. The number of nitrogens with two attached hydrogens (primary N) is 1. The molecule has 0 aromatic heterocycles. The topological polar surface area (TPSA) is 58.4 Å². The third-order valence-corrected chi connectivity index (χ3v) is 3.23. The van der Waals surface area contributed by atoms with Gasteiger partial charge >= 0.3 is 0 Å². The van der Waals surface area contributed by atoms with E-state index in [1.165, 1.54) is 5.56 Å². The number of carbonyl (C=O) groups is 1. The smallest absolute Gasteiger partial charge is 0.234 e. The number of amides is 1. The highest BCUT2D eigenvalue weighted by molar-refractivity contribution is 5.78. The minimum absolute atomic E-state index is 0.0280. The van der Waals surface area contributed by atoms with E-state index in [1.54, 1.807) is 0 Å². The second-order valence-electron chi connectivity index (χ2n) is 5.85. The van der Waals surface area contributed by atoms with Crippen molar-refractivity contribution in [3.8, 4) is 0 Å². The molecule has 0 saturated carbocycles. The van der Waals surface area contributed by atoms with Crippen LogP contribution >= 0.6 is 0 Å². The minimum atomic E-state index is -0.0467. The number of nitrogens with zero attached hydrogens (tertiary/aromatic N) is 1. The molecule has 4 heteroatoms. The van der Waals surface area contributed by atoms with Gasteiger partial charge < -0.3 is 11.1 Å². The van der Waals surface area contributed by atoms with E-state index in [2.05, 4.69) is 36.5 Å². The van der Waals surface area contributed by atoms with Crippen molar-refractivity contribution in [2.75, 3.05) is 13.6 Å². The third kappa shape index (κ3) is 4.94. The van der Waals surface area contributed by atoms with Gasteiger partial charge in [-0.2, -0.15) is 0 Å². The molecule has 112 valence electrons. The van der Waals surface area contributed by atoms with Gasteiger partial charge in [-0.25, -0.2) is 0 Å². The van der Waals surface area contributed by atoms with Crippen molar-refractivity contribution >= 4 is 5.91 Å². The summed E-state index contributed by atoms with van der Waals surface area (Å²) in [6.07, 6.45) is 0. The monoisotopic (exact) mass is 277 g/mol. The molecule has 1 amide bonds. The summed E-state index contributed by atoms with van der Waals surface area (Å²) in [6, 6.07) is 8.46. The highest BCUT2D eigenvalue weighted by atomic mass is 16.2. The molecular weight excluding hydrogens is 250 g/mol. The number of hydrogen-bond donors (Lipinski definition) is 2. The highest BCUT2D eigenvalue weighted by Gasteiger charge is 2.22. The van der Waals surface area contributed by atoms with Gasteiger partial charge in [0.05, 0.1) is 6.54 Å². The van der Waals surface area contributed by atoms with E-state index in [-0.39, 0.29) is 24.0 Å². The molecular formula is C16H27N3O. The van der Waals surface area contributed by atoms with Crippen molar-refractivity contribution in [3.63, 3.8) is 0 Å². The van der Waals surface area contributed by atoms with Gasteiger partial charge in [-0.1, -0.05) is 29.8 Å². The van der Waals surface area contributed by atoms with E-state index in [9.17, 15) is 4.79 Å². The van der Waals surface area contributed by atoms with Crippen molar-refractivity contribution in [1.82, 2.24) is 10.2 Å². The van der Waals surface area contributed by atoms with Crippen LogP contribution in [0.15, 0.2) is 24.3 Å². The zero-order valence-corrected chi connectivity index (χ0v) is 13.2. The second-order valence-corrected chi connectivity index (χ2v) is 5.85. The van der Waals surface area contributed by atoms with Gasteiger partial charge in [0, 0.05) is 18.1 Å². The average Bonchev–Trinajstić information content (AvgIpc) is 2.30. The molecule has 0 radical (unpaired) electrons. The maximum atomic E-state index is 11.9. The van der Waals surface area contributed by atoms with Crippen molar-refractivity contribution in [3.05, 3.63) is 35.4 Å². The lowest BCUT2D eigenvalue weighted by Gasteiger charge is -2.31. The van der Waals surface area contributed by atoms with Gasteiger partial charge in [0.1, 0.15) is 0 Å². The van der Waals surface area contributed by atoms with E-state index < -0.39 is 0 Å². The lowest BCUT2D eigenvalue weighted by Crippen LogP contribution is -2.44. The first kappa shape index (κ1) is 16.7. The van der Waals surface area contributed by atoms with Crippen LogP contribution in [0, 0.1) is 6.92 Å². The number of likely N-dealkylation sites (N-methyl/N-ethyl adjacent to an activating group) is 1. The lowest BCUT2D eigenvalue weighted by molar-refractivity contribution is -0.123. The Kier molecular flexibility index (Phi) is 6.17. The molecule has 2 unspecified atom stereocenters. The van der Waals surface area contributed by atoms with Crippen molar-refractivity contribution < 1.29 is 4.79 Å². The summed E-state index contributed by atoms with van der Waals surface area (Å²) in [6.45, 7) is 8.30. The summed E-state index contributed by atoms with van der Waals surface area (Å²) in [5, 5.41) is 2.91. The van der Waals surface area contributed by atoms with Crippen LogP contribution in [0.5, 0.6) is 0 Å². The summed E-state index contributed by atoms with van der Waals surface area (Å²) < 4.78 is 0. The molecule has 3 N–H and O–H groups in total. The van der Waals surface area contributed by atoms with Crippen molar-refractivity contribution in [2.45, 2.75) is 45.8 Å². The molecule has 0 fully saturated rings. The van der Waals surface area contributed by atoms with Crippen LogP contribution in [0.4, 0.5) is 0 Å². The molecule has 0 aliphatic heterocycles. The van der Waals surface area contributed by atoms with E-state index in [0.717, 1.165) is 5.56 Å². The Morgan fingerprint density at radius 2 is 1.80 bits per heavy atom. The maximum absolute atomic E-state index is 11.9. The van der Waals surface area contributed by atoms with Gasteiger partial charge in [0.2, 0.25) is 5.91 Å². The molecule has 0 heterocycles. The molecule has 0 aliphatic carbocycles. The molecule has 0 aliphatic rings. The molecule has 20 heavy (non-hydrogen) atoms. The highest BCUT2D eigenvalue weighted by Crippen LogP contribution is 2.22. The van der Waals surface area contributed by atoms with Crippen molar-refractivity contribution in [2.24, 2.45) is 5.73 Å². The Morgan fingerprint density at radius 3 is 2.25 bits per heavy atom. The molecule has 0 saturated heterocycles. The van der Waals surface area contributed by atoms with E-state index in [1.807, 2.05) is 32.7 Å². The first-order valence-corrected chi connectivity index (χ1v) is 7.13. The normalized spacial score (nSPS) is 14.4. The van der Waals surface area contributed by atoms with Crippen LogP contribution in [0.3, 0.4) is 0 Å². The quantitative estimate of drug-likeness (QED) is 0.834. The Bertz CT molecular complexity index is 426. The number of benzene rings is 1. The fourth-order valence-electron chi connectivity index (χ4n) is 2.42. The van der Waals surface area contributed by atoms with Crippen LogP contribution in [0.2, 0.25) is 0 Å². The van der Waals surface area contributed by atoms with E-state index in [4.69, 9.17) is 5.73 Å². The van der Waals surface area contributed by atoms with Gasteiger partial charge in [0.25, 0.3) is 0 Å². The lowest BCUT2D eigenvalue weighted by atomic mass is 9.98. The van der Waals surface area contributed by atoms with Gasteiger partial charge in [-0.05, 0) is 40.3 Å². The molecule has 1 aromatic carbocycles. The standard InChI is InChI=1S/C16H27N3O/c1-11(2)18-15(20)10-19(5)16(13(4)17)14-8-6-12(3)7-9-14/h6-9,11,13,16H,10,17H2,1-5H3,(H,18,20). The van der Waals surface area contributed by atoms with Crippen LogP contribution in [-0.4, -0.2) is 36.5 Å². The number of carbonyl (C=O) groups excluding carboxylic acids is 1. The Morgan fingerprint density at radius 1 is 1.25 bits per heavy atom. The molecule has 1 rings (SSSR count). The summed E-state index contributed by atoms with van der Waals surface area (Å²) in [7, 11) is 1.94. The molecule has 4 nitrogen and oxygen atoms in total. The van der Waals surface area contributed by atoms with E-state index >= 15 is 0 Å². The predicted octanol–water partition coefficient (Wildman–Crippen LogP) is 1.84. The number of aryl methyl sites for hydroxylation is 1. The summed E-state index contributed by atoms with van der Waals surface area (Å²) >= 11 is 0.